The molecule has 2 aromatic rings. The molecule has 0 spiro atoms. The predicted molar refractivity (Wildman–Crippen MR) is 86.0 cm³/mol. The minimum absolute atomic E-state index is 0.838. The minimum atomic E-state index is 0.838. The van der Waals surface area contributed by atoms with Gasteiger partial charge in [-0.25, -0.2) is 4.98 Å². The highest BCUT2D eigenvalue weighted by molar-refractivity contribution is 7.21. The molecular weight excluding hydrogens is 284 g/mol. The molecule has 3 atom stereocenters. The van der Waals surface area contributed by atoms with E-state index < -0.39 is 0 Å². The Hall–Kier alpha value is -0.970. The molecule has 20 heavy (non-hydrogen) atoms. The van der Waals surface area contributed by atoms with E-state index in [1.54, 1.807) is 11.3 Å². The quantitative estimate of drug-likeness (QED) is 0.838. The van der Waals surface area contributed by atoms with Gasteiger partial charge in [-0.3, -0.25) is 0 Å². The topological polar surface area (TPSA) is 24.9 Å². The zero-order chi connectivity index (χ0) is 13.4. The highest BCUT2D eigenvalue weighted by Crippen LogP contribution is 2.43. The van der Waals surface area contributed by atoms with Gasteiger partial charge in [-0.2, -0.15) is 0 Å². The van der Waals surface area contributed by atoms with Gasteiger partial charge < -0.3 is 5.32 Å². The molecule has 1 saturated carbocycles. The molecule has 0 saturated heterocycles. The molecule has 104 valence electrons. The Kier molecular flexibility index (Phi) is 3.46. The summed E-state index contributed by atoms with van der Waals surface area (Å²) in [6, 6.07) is 4.26. The molecule has 0 aromatic carbocycles. The number of nitrogens with one attached hydrogen (secondary N) is 1. The van der Waals surface area contributed by atoms with E-state index in [1.807, 2.05) is 17.5 Å². The summed E-state index contributed by atoms with van der Waals surface area (Å²) in [5.74, 6) is 2.56. The zero-order valence-electron chi connectivity index (χ0n) is 11.3. The molecule has 2 nitrogen and oxygen atoms in total. The van der Waals surface area contributed by atoms with Crippen molar-refractivity contribution in [3.63, 3.8) is 0 Å². The van der Waals surface area contributed by atoms with E-state index in [9.17, 15) is 0 Å². The van der Waals surface area contributed by atoms with Crippen molar-refractivity contribution in [1.29, 1.82) is 0 Å². The molecule has 0 aliphatic heterocycles. The van der Waals surface area contributed by atoms with E-state index in [2.05, 4.69) is 40.0 Å². The molecule has 3 unspecified atom stereocenters. The van der Waals surface area contributed by atoms with Crippen LogP contribution >= 0.6 is 22.7 Å². The lowest BCUT2D eigenvalue weighted by Crippen LogP contribution is -2.24. The lowest BCUT2D eigenvalue weighted by atomic mass is 9.94. The third-order valence-corrected chi connectivity index (χ3v) is 6.48. The monoisotopic (exact) mass is 302 g/mol. The van der Waals surface area contributed by atoms with Crippen molar-refractivity contribution in [2.24, 2.45) is 17.8 Å². The Morgan fingerprint density at radius 1 is 1.25 bits per heavy atom. The predicted octanol–water partition coefficient (Wildman–Crippen LogP) is 4.17. The second-order valence-corrected chi connectivity index (χ2v) is 7.83. The number of hydrogen-bond acceptors (Lipinski definition) is 4. The van der Waals surface area contributed by atoms with Gasteiger partial charge in [0.05, 0.1) is 4.88 Å². The van der Waals surface area contributed by atoms with Gasteiger partial charge in [0.25, 0.3) is 0 Å². The summed E-state index contributed by atoms with van der Waals surface area (Å²) in [4.78, 5) is 7.15. The first-order valence-corrected chi connectivity index (χ1v) is 8.96. The van der Waals surface area contributed by atoms with Crippen molar-refractivity contribution in [3.8, 4) is 9.75 Å². The molecule has 1 fully saturated rings. The van der Waals surface area contributed by atoms with Crippen LogP contribution in [-0.2, 0) is 6.54 Å². The number of allylic oxidation sites excluding steroid dienone is 2. The molecule has 2 aromatic heterocycles. The van der Waals surface area contributed by atoms with Crippen LogP contribution in [-0.4, -0.2) is 11.5 Å². The van der Waals surface area contributed by atoms with Gasteiger partial charge >= 0.3 is 0 Å². The average Bonchev–Trinajstić information content (AvgIpc) is 3.23. The van der Waals surface area contributed by atoms with Crippen LogP contribution in [0.2, 0.25) is 0 Å². The van der Waals surface area contributed by atoms with Crippen LogP contribution in [0.3, 0.4) is 0 Å². The fraction of sp³-hybridized carbons (Fsp3) is 0.438. The highest BCUT2D eigenvalue weighted by Gasteiger charge is 2.34. The minimum Gasteiger partial charge on any atom is -0.310 e. The number of hydrogen-bond donors (Lipinski definition) is 1. The van der Waals surface area contributed by atoms with Crippen LogP contribution in [0.4, 0.5) is 0 Å². The van der Waals surface area contributed by atoms with E-state index in [1.165, 1.54) is 27.6 Å². The molecular formula is C16H18N2S2. The third-order valence-electron chi connectivity index (χ3n) is 4.42. The Morgan fingerprint density at radius 3 is 3.00 bits per heavy atom. The molecule has 0 amide bonds. The molecule has 2 bridgehead atoms. The molecule has 2 aliphatic rings. The first-order valence-electron chi connectivity index (χ1n) is 7.26. The van der Waals surface area contributed by atoms with E-state index in [4.69, 9.17) is 0 Å². The Balaban J connectivity index is 1.31. The zero-order valence-corrected chi connectivity index (χ0v) is 12.9. The lowest BCUT2D eigenvalue weighted by molar-refractivity contribution is 0.414. The van der Waals surface area contributed by atoms with Crippen molar-refractivity contribution in [2.45, 2.75) is 19.4 Å². The summed E-state index contributed by atoms with van der Waals surface area (Å²) in [6.07, 6.45) is 9.63. The van der Waals surface area contributed by atoms with Crippen molar-refractivity contribution < 1.29 is 0 Å². The van der Waals surface area contributed by atoms with Crippen LogP contribution in [0.15, 0.2) is 35.9 Å². The van der Waals surface area contributed by atoms with Gasteiger partial charge in [0, 0.05) is 17.6 Å². The SMILES string of the molecule is C1=CC2CC1CC2CNCc1ncc(-c2cccs2)s1. The molecule has 1 N–H and O–H groups in total. The van der Waals surface area contributed by atoms with Crippen molar-refractivity contribution >= 4 is 22.7 Å². The maximum atomic E-state index is 4.53. The molecule has 2 heterocycles. The molecule has 4 heteroatoms. The van der Waals surface area contributed by atoms with Crippen LogP contribution in [0.5, 0.6) is 0 Å². The van der Waals surface area contributed by atoms with Gasteiger partial charge in [-0.1, -0.05) is 18.2 Å². The Morgan fingerprint density at radius 2 is 2.25 bits per heavy atom. The largest absolute Gasteiger partial charge is 0.310 e. The van der Waals surface area contributed by atoms with Crippen LogP contribution in [0.1, 0.15) is 17.8 Å². The second kappa shape index (κ2) is 5.43. The van der Waals surface area contributed by atoms with Crippen LogP contribution in [0, 0.1) is 17.8 Å². The van der Waals surface area contributed by atoms with Crippen molar-refractivity contribution in [2.75, 3.05) is 6.54 Å². The van der Waals surface area contributed by atoms with Crippen LogP contribution in [0.25, 0.3) is 9.75 Å². The third kappa shape index (κ3) is 2.48. The first kappa shape index (κ1) is 12.7. The number of aromatic nitrogens is 1. The van der Waals surface area contributed by atoms with E-state index in [0.717, 1.165) is 30.8 Å². The molecule has 0 radical (unpaired) electrons. The maximum absolute atomic E-state index is 4.53. The fourth-order valence-corrected chi connectivity index (χ4v) is 5.13. The summed E-state index contributed by atoms with van der Waals surface area (Å²) in [7, 11) is 0. The molecule has 2 aliphatic carbocycles. The Labute approximate surface area is 127 Å². The normalized spacial score (nSPS) is 27.5. The smallest absolute Gasteiger partial charge is 0.107 e. The standard InChI is InChI=1S/C16H18N2S2/c1-2-14(19-5-1)15-9-18-16(20-15)10-17-8-13-7-11-3-4-12(13)6-11/h1-5,9,11-13,17H,6-8,10H2. The van der Waals surface area contributed by atoms with E-state index in [-0.39, 0.29) is 0 Å². The van der Waals surface area contributed by atoms with Gasteiger partial charge in [-0.15, -0.1) is 22.7 Å². The molecule has 4 rings (SSSR count). The van der Waals surface area contributed by atoms with Crippen molar-refractivity contribution in [1.82, 2.24) is 10.3 Å². The number of thiazole rings is 1. The highest BCUT2D eigenvalue weighted by atomic mass is 32.1. The number of thiophene rings is 1. The Bertz CT molecular complexity index is 600. The van der Waals surface area contributed by atoms with E-state index in [0.29, 0.717) is 0 Å². The van der Waals surface area contributed by atoms with Gasteiger partial charge in [0.15, 0.2) is 0 Å². The summed E-state index contributed by atoms with van der Waals surface area (Å²) in [5, 5.41) is 6.93. The maximum Gasteiger partial charge on any atom is 0.107 e. The summed E-state index contributed by atoms with van der Waals surface area (Å²) in [6.45, 7) is 2.05. The number of nitrogens with zero attached hydrogens (tertiary/aromatic N) is 1. The van der Waals surface area contributed by atoms with Crippen LogP contribution < -0.4 is 5.32 Å². The summed E-state index contributed by atoms with van der Waals surface area (Å²) >= 11 is 3.60. The summed E-state index contributed by atoms with van der Waals surface area (Å²) in [5.41, 5.74) is 0. The second-order valence-electron chi connectivity index (χ2n) is 5.77. The first-order chi connectivity index (χ1) is 9.88. The average molecular weight is 302 g/mol. The summed E-state index contributed by atoms with van der Waals surface area (Å²) < 4.78 is 0. The fourth-order valence-electron chi connectivity index (χ4n) is 3.42. The van der Waals surface area contributed by atoms with E-state index >= 15 is 0 Å². The lowest BCUT2D eigenvalue weighted by Gasteiger charge is -2.17. The van der Waals surface area contributed by atoms with Gasteiger partial charge in [0.2, 0.25) is 0 Å². The van der Waals surface area contributed by atoms with Crippen molar-refractivity contribution in [3.05, 3.63) is 40.9 Å². The number of rotatable bonds is 5. The van der Waals surface area contributed by atoms with Gasteiger partial charge in [0.1, 0.15) is 5.01 Å². The number of fused-ring (bicyclic) bond motifs is 2. The van der Waals surface area contributed by atoms with Gasteiger partial charge in [-0.05, 0) is 48.6 Å².